The van der Waals surface area contributed by atoms with E-state index in [-0.39, 0.29) is 0 Å². The van der Waals surface area contributed by atoms with Crippen LogP contribution in [-0.4, -0.2) is 17.0 Å². The molecule has 0 radical (unpaired) electrons. The third-order valence-corrected chi connectivity index (χ3v) is 3.73. The number of nitrogens with zero attached hydrogens (tertiary/aromatic N) is 2. The van der Waals surface area contributed by atoms with Crippen molar-refractivity contribution in [2.75, 3.05) is 12.4 Å². The second-order valence-corrected chi connectivity index (χ2v) is 5.31. The fraction of sp³-hybridized carbons (Fsp3) is 0.0667. The Balaban J connectivity index is 2.13. The largest absolute Gasteiger partial charge is 0.437 e. The number of anilines is 1. The fourth-order valence-corrected chi connectivity index (χ4v) is 2.37. The van der Waals surface area contributed by atoms with E-state index in [2.05, 4.69) is 37.9 Å². The van der Waals surface area contributed by atoms with Crippen LogP contribution in [0, 0.1) is 3.57 Å². The normalized spacial score (nSPS) is 10.5. The summed E-state index contributed by atoms with van der Waals surface area (Å²) in [6.45, 7) is 0. The van der Waals surface area contributed by atoms with Gasteiger partial charge in [-0.15, -0.1) is 0 Å². The molecule has 2 aromatic carbocycles. The van der Waals surface area contributed by atoms with E-state index in [1.165, 1.54) is 0 Å². The molecule has 0 saturated heterocycles. The zero-order chi connectivity index (χ0) is 13.9. The first-order chi connectivity index (χ1) is 9.78. The molecular formula is C15H12IN3O. The van der Waals surface area contributed by atoms with Gasteiger partial charge in [-0.05, 0) is 46.9 Å². The molecule has 1 heterocycles. The summed E-state index contributed by atoms with van der Waals surface area (Å²) in [5.74, 6) is 1.90. The Kier molecular flexibility index (Phi) is 3.68. The van der Waals surface area contributed by atoms with Crippen molar-refractivity contribution in [1.29, 1.82) is 0 Å². The van der Waals surface area contributed by atoms with Gasteiger partial charge in [0.2, 0.25) is 11.8 Å². The zero-order valence-corrected chi connectivity index (χ0v) is 13.0. The number of para-hydroxylation sites is 2. The number of ether oxygens (including phenoxy) is 1. The maximum atomic E-state index is 5.97. The molecule has 5 heteroatoms. The van der Waals surface area contributed by atoms with E-state index < -0.39 is 0 Å². The maximum Gasteiger partial charge on any atom is 0.232 e. The predicted octanol–water partition coefficient (Wildman–Crippen LogP) is 4.07. The van der Waals surface area contributed by atoms with E-state index in [0.29, 0.717) is 11.8 Å². The highest BCUT2D eigenvalue weighted by molar-refractivity contribution is 14.1. The van der Waals surface area contributed by atoms with Crippen LogP contribution in [0.3, 0.4) is 0 Å². The molecule has 100 valence electrons. The molecule has 0 amide bonds. The standard InChI is InChI=1S/C15H12IN3O/c1-17-15-18-12-8-4-2-6-10(12)14(19-15)20-13-9-5-3-7-11(13)16/h2-9H,1H3,(H,17,18,19). The van der Waals surface area contributed by atoms with Gasteiger partial charge in [0.05, 0.1) is 14.5 Å². The minimum absolute atomic E-state index is 0.546. The van der Waals surface area contributed by atoms with Crippen LogP contribution in [0.25, 0.3) is 10.9 Å². The number of nitrogens with one attached hydrogen (secondary N) is 1. The first-order valence-electron chi connectivity index (χ1n) is 6.15. The van der Waals surface area contributed by atoms with Crippen molar-refractivity contribution in [3.05, 3.63) is 52.1 Å². The summed E-state index contributed by atoms with van der Waals surface area (Å²) in [4.78, 5) is 8.82. The Bertz CT molecular complexity index is 761. The molecule has 0 bridgehead atoms. The zero-order valence-electron chi connectivity index (χ0n) is 10.8. The summed E-state index contributed by atoms with van der Waals surface area (Å²) in [6.07, 6.45) is 0. The topological polar surface area (TPSA) is 47.0 Å². The van der Waals surface area contributed by atoms with Gasteiger partial charge in [-0.25, -0.2) is 4.98 Å². The molecule has 3 rings (SSSR count). The van der Waals surface area contributed by atoms with E-state index in [1.807, 2.05) is 48.5 Å². The summed E-state index contributed by atoms with van der Waals surface area (Å²) in [5.41, 5.74) is 0.854. The molecule has 0 fully saturated rings. The average Bonchev–Trinajstić information content (AvgIpc) is 2.49. The van der Waals surface area contributed by atoms with Crippen LogP contribution < -0.4 is 10.1 Å². The minimum atomic E-state index is 0.546. The van der Waals surface area contributed by atoms with Crippen LogP contribution >= 0.6 is 22.6 Å². The molecule has 0 aliphatic heterocycles. The molecule has 1 aromatic heterocycles. The lowest BCUT2D eigenvalue weighted by molar-refractivity contribution is 0.466. The van der Waals surface area contributed by atoms with Crippen LogP contribution in [-0.2, 0) is 0 Å². The van der Waals surface area contributed by atoms with Crippen LogP contribution in [0.4, 0.5) is 5.95 Å². The molecule has 3 aromatic rings. The third kappa shape index (κ3) is 2.53. The van der Waals surface area contributed by atoms with Crippen molar-refractivity contribution < 1.29 is 4.74 Å². The number of hydrogen-bond donors (Lipinski definition) is 1. The van der Waals surface area contributed by atoms with Gasteiger partial charge in [0, 0.05) is 7.05 Å². The first kappa shape index (κ1) is 13.1. The molecule has 0 aliphatic carbocycles. The van der Waals surface area contributed by atoms with Gasteiger partial charge in [-0.1, -0.05) is 24.3 Å². The van der Waals surface area contributed by atoms with Crippen molar-refractivity contribution in [3.63, 3.8) is 0 Å². The van der Waals surface area contributed by atoms with Gasteiger partial charge >= 0.3 is 0 Å². The van der Waals surface area contributed by atoms with Crippen molar-refractivity contribution in [2.24, 2.45) is 0 Å². The highest BCUT2D eigenvalue weighted by Gasteiger charge is 2.10. The summed E-state index contributed by atoms with van der Waals surface area (Å²) < 4.78 is 7.01. The molecule has 0 unspecified atom stereocenters. The summed E-state index contributed by atoms with van der Waals surface area (Å²) in [7, 11) is 1.79. The summed E-state index contributed by atoms with van der Waals surface area (Å²) in [6, 6.07) is 15.7. The predicted molar refractivity (Wildman–Crippen MR) is 88.3 cm³/mol. The van der Waals surface area contributed by atoms with Gasteiger partial charge in [-0.3, -0.25) is 0 Å². The van der Waals surface area contributed by atoms with Gasteiger partial charge < -0.3 is 10.1 Å². The molecule has 0 saturated carbocycles. The average molecular weight is 377 g/mol. The minimum Gasteiger partial charge on any atom is -0.437 e. The Labute approximate surface area is 130 Å². The van der Waals surface area contributed by atoms with Crippen molar-refractivity contribution in [3.8, 4) is 11.6 Å². The van der Waals surface area contributed by atoms with Gasteiger partial charge in [0.1, 0.15) is 5.75 Å². The van der Waals surface area contributed by atoms with Crippen molar-refractivity contribution >= 4 is 39.4 Å². The number of rotatable bonds is 3. The van der Waals surface area contributed by atoms with E-state index in [0.717, 1.165) is 20.2 Å². The van der Waals surface area contributed by atoms with Crippen LogP contribution in [0.2, 0.25) is 0 Å². The van der Waals surface area contributed by atoms with Crippen LogP contribution in [0.15, 0.2) is 48.5 Å². The Hall–Kier alpha value is -1.89. The maximum absolute atomic E-state index is 5.97. The second kappa shape index (κ2) is 5.62. The van der Waals surface area contributed by atoms with Crippen molar-refractivity contribution in [2.45, 2.75) is 0 Å². The fourth-order valence-electron chi connectivity index (χ4n) is 1.87. The molecule has 0 aliphatic rings. The van der Waals surface area contributed by atoms with Crippen molar-refractivity contribution in [1.82, 2.24) is 9.97 Å². The lowest BCUT2D eigenvalue weighted by Crippen LogP contribution is -1.99. The third-order valence-electron chi connectivity index (χ3n) is 2.84. The number of halogens is 1. The van der Waals surface area contributed by atoms with Gasteiger partial charge in [0.25, 0.3) is 0 Å². The Morgan fingerprint density at radius 2 is 1.75 bits per heavy atom. The number of benzene rings is 2. The summed E-state index contributed by atoms with van der Waals surface area (Å²) >= 11 is 2.24. The Morgan fingerprint density at radius 3 is 2.55 bits per heavy atom. The highest BCUT2D eigenvalue weighted by atomic mass is 127. The van der Waals surface area contributed by atoms with E-state index in [9.17, 15) is 0 Å². The highest BCUT2D eigenvalue weighted by Crippen LogP contribution is 2.30. The quantitative estimate of drug-likeness (QED) is 0.700. The van der Waals surface area contributed by atoms with E-state index in [1.54, 1.807) is 7.05 Å². The number of fused-ring (bicyclic) bond motifs is 1. The molecule has 0 spiro atoms. The molecular weight excluding hydrogens is 365 g/mol. The molecule has 0 atom stereocenters. The SMILES string of the molecule is CNc1nc(Oc2ccccc2I)c2ccccc2n1. The first-order valence-corrected chi connectivity index (χ1v) is 7.23. The van der Waals surface area contributed by atoms with Gasteiger partial charge in [0.15, 0.2) is 0 Å². The van der Waals surface area contributed by atoms with Crippen LogP contribution in [0.1, 0.15) is 0 Å². The Morgan fingerprint density at radius 1 is 1.00 bits per heavy atom. The molecule has 4 nitrogen and oxygen atoms in total. The monoisotopic (exact) mass is 377 g/mol. The van der Waals surface area contributed by atoms with E-state index >= 15 is 0 Å². The number of aromatic nitrogens is 2. The number of hydrogen-bond acceptors (Lipinski definition) is 4. The lowest BCUT2D eigenvalue weighted by atomic mass is 10.2. The summed E-state index contributed by atoms with van der Waals surface area (Å²) in [5, 5.41) is 3.85. The molecule has 1 N–H and O–H groups in total. The van der Waals surface area contributed by atoms with Crippen LogP contribution in [0.5, 0.6) is 11.6 Å². The lowest BCUT2D eigenvalue weighted by Gasteiger charge is -2.10. The second-order valence-electron chi connectivity index (χ2n) is 4.15. The molecule has 20 heavy (non-hydrogen) atoms. The van der Waals surface area contributed by atoms with E-state index in [4.69, 9.17) is 4.74 Å². The van der Waals surface area contributed by atoms with Gasteiger partial charge in [-0.2, -0.15) is 4.98 Å². The smallest absolute Gasteiger partial charge is 0.232 e.